The van der Waals surface area contributed by atoms with Crippen molar-refractivity contribution in [3.05, 3.63) is 11.7 Å². The van der Waals surface area contributed by atoms with Crippen molar-refractivity contribution >= 4 is 10.0 Å². The molecule has 1 saturated heterocycles. The summed E-state index contributed by atoms with van der Waals surface area (Å²) in [6, 6.07) is 0. The van der Waals surface area contributed by atoms with Crippen molar-refractivity contribution in [2.75, 3.05) is 19.7 Å². The number of rotatable bonds is 6. The Morgan fingerprint density at radius 1 is 1.29 bits per heavy atom. The summed E-state index contributed by atoms with van der Waals surface area (Å²) >= 11 is 0. The topological polar surface area (TPSA) is 85.5 Å². The molecule has 1 aromatic heterocycles. The number of hydrogen-bond donors (Lipinski definition) is 0. The Labute approximate surface area is 124 Å². The lowest BCUT2D eigenvalue weighted by Crippen LogP contribution is -2.42. The van der Waals surface area contributed by atoms with Crippen LogP contribution in [0.15, 0.2) is 4.52 Å². The van der Waals surface area contributed by atoms with E-state index >= 15 is 0 Å². The van der Waals surface area contributed by atoms with Crippen LogP contribution in [0, 0.1) is 6.92 Å². The van der Waals surface area contributed by atoms with E-state index in [1.807, 2.05) is 0 Å². The predicted molar refractivity (Wildman–Crippen MR) is 75.2 cm³/mol. The molecule has 0 radical (unpaired) electrons. The van der Waals surface area contributed by atoms with Crippen molar-refractivity contribution in [2.24, 2.45) is 0 Å². The fraction of sp³-hybridized carbons (Fsp3) is 0.846. The first-order chi connectivity index (χ1) is 10.1. The van der Waals surface area contributed by atoms with Gasteiger partial charge in [-0.1, -0.05) is 5.16 Å². The quantitative estimate of drug-likeness (QED) is 0.775. The number of hydrogen-bond acceptors (Lipinski definition) is 6. The maximum absolute atomic E-state index is 12.1. The summed E-state index contributed by atoms with van der Waals surface area (Å²) < 4.78 is 36.5. The molecule has 2 heterocycles. The molecule has 0 unspecified atom stereocenters. The normalized spacial score (nSPS) is 21.8. The van der Waals surface area contributed by atoms with Crippen LogP contribution in [-0.2, 0) is 21.2 Å². The summed E-state index contributed by atoms with van der Waals surface area (Å²) in [6.45, 7) is 3.45. The molecule has 2 fully saturated rings. The van der Waals surface area contributed by atoms with E-state index in [1.54, 1.807) is 11.2 Å². The standard InChI is InChI=1S/C13H21N3O4S/c1-10-14-13(15-20-10)6-9-19-11-4-7-16(8-5-11)21(17,18)12-2-3-12/h11-12H,2-9H2,1H3. The van der Waals surface area contributed by atoms with Gasteiger partial charge in [0.25, 0.3) is 0 Å². The average Bonchev–Trinajstić information content (AvgIpc) is 3.24. The molecule has 1 aliphatic heterocycles. The molecule has 3 rings (SSSR count). The number of aryl methyl sites for hydroxylation is 1. The maximum Gasteiger partial charge on any atom is 0.223 e. The SMILES string of the molecule is Cc1nc(CCOC2CCN(S(=O)(=O)C3CC3)CC2)no1. The molecular formula is C13H21N3O4S. The maximum atomic E-state index is 12.1. The second kappa shape index (κ2) is 6.02. The van der Waals surface area contributed by atoms with Crippen molar-refractivity contribution in [1.29, 1.82) is 0 Å². The fourth-order valence-electron chi connectivity index (χ4n) is 2.59. The Balaban J connectivity index is 1.39. The van der Waals surface area contributed by atoms with Crippen molar-refractivity contribution in [2.45, 2.75) is 50.4 Å². The molecule has 0 N–H and O–H groups in total. The summed E-state index contributed by atoms with van der Waals surface area (Å²) in [4.78, 5) is 4.12. The molecule has 1 saturated carbocycles. The lowest BCUT2D eigenvalue weighted by molar-refractivity contribution is 0.0222. The van der Waals surface area contributed by atoms with E-state index in [9.17, 15) is 8.42 Å². The first-order valence-corrected chi connectivity index (χ1v) is 8.96. The molecular weight excluding hydrogens is 294 g/mol. The Hall–Kier alpha value is -0.990. The van der Waals surface area contributed by atoms with Gasteiger partial charge in [0.05, 0.1) is 18.0 Å². The minimum Gasteiger partial charge on any atom is -0.378 e. The summed E-state index contributed by atoms with van der Waals surface area (Å²) in [5.41, 5.74) is 0. The largest absolute Gasteiger partial charge is 0.378 e. The highest BCUT2D eigenvalue weighted by molar-refractivity contribution is 7.90. The Morgan fingerprint density at radius 2 is 2.00 bits per heavy atom. The minimum absolute atomic E-state index is 0.114. The van der Waals surface area contributed by atoms with Gasteiger partial charge >= 0.3 is 0 Å². The number of ether oxygens (including phenoxy) is 1. The Kier molecular flexibility index (Phi) is 4.28. The molecule has 0 aromatic carbocycles. The molecule has 0 amide bonds. The minimum atomic E-state index is -3.03. The Morgan fingerprint density at radius 3 is 2.57 bits per heavy atom. The second-order valence-corrected chi connectivity index (χ2v) is 7.91. The monoisotopic (exact) mass is 315 g/mol. The van der Waals surface area contributed by atoms with Crippen LogP contribution < -0.4 is 0 Å². The van der Waals surface area contributed by atoms with Crippen LogP contribution in [0.25, 0.3) is 0 Å². The van der Waals surface area contributed by atoms with Gasteiger partial charge < -0.3 is 9.26 Å². The van der Waals surface area contributed by atoms with Crippen LogP contribution >= 0.6 is 0 Å². The van der Waals surface area contributed by atoms with Gasteiger partial charge in [-0.15, -0.1) is 0 Å². The third kappa shape index (κ3) is 3.61. The van der Waals surface area contributed by atoms with Crippen molar-refractivity contribution in [1.82, 2.24) is 14.4 Å². The van der Waals surface area contributed by atoms with Crippen molar-refractivity contribution in [3.8, 4) is 0 Å². The summed E-state index contributed by atoms with van der Waals surface area (Å²) in [7, 11) is -3.03. The van der Waals surface area contributed by atoms with E-state index in [-0.39, 0.29) is 11.4 Å². The molecule has 1 aromatic rings. The fourth-order valence-corrected chi connectivity index (χ4v) is 4.46. The summed E-state index contributed by atoms with van der Waals surface area (Å²) in [5, 5.41) is 3.70. The third-order valence-corrected chi connectivity index (χ3v) is 6.35. The van der Waals surface area contributed by atoms with Crippen LogP contribution in [0.2, 0.25) is 0 Å². The Bertz CT molecular complexity index is 574. The van der Waals surface area contributed by atoms with Gasteiger partial charge in [-0.3, -0.25) is 0 Å². The molecule has 1 aliphatic carbocycles. The molecule has 7 nitrogen and oxygen atoms in total. The number of piperidine rings is 1. The molecule has 21 heavy (non-hydrogen) atoms. The molecule has 118 valence electrons. The van der Waals surface area contributed by atoms with Crippen LogP contribution in [0.4, 0.5) is 0 Å². The van der Waals surface area contributed by atoms with Gasteiger partial charge in [0.2, 0.25) is 15.9 Å². The first-order valence-electron chi connectivity index (χ1n) is 7.45. The van der Waals surface area contributed by atoms with Crippen molar-refractivity contribution < 1.29 is 17.7 Å². The highest BCUT2D eigenvalue weighted by Gasteiger charge is 2.41. The van der Waals surface area contributed by atoms with Gasteiger partial charge in [0.1, 0.15) is 0 Å². The zero-order chi connectivity index (χ0) is 14.9. The van der Waals surface area contributed by atoms with E-state index in [0.29, 0.717) is 37.8 Å². The van der Waals surface area contributed by atoms with Crippen LogP contribution in [-0.4, -0.2) is 53.9 Å². The second-order valence-electron chi connectivity index (χ2n) is 5.69. The summed E-state index contributed by atoms with van der Waals surface area (Å²) in [6.07, 6.45) is 3.92. The molecule has 8 heteroatoms. The first kappa shape index (κ1) is 14.9. The van der Waals surface area contributed by atoms with E-state index in [4.69, 9.17) is 9.26 Å². The highest BCUT2D eigenvalue weighted by Crippen LogP contribution is 2.32. The number of aromatic nitrogens is 2. The van der Waals surface area contributed by atoms with Crippen LogP contribution in [0.1, 0.15) is 37.4 Å². The molecule has 0 bridgehead atoms. The van der Waals surface area contributed by atoms with Gasteiger partial charge in [-0.05, 0) is 25.7 Å². The zero-order valence-corrected chi connectivity index (χ0v) is 13.0. The number of nitrogens with zero attached hydrogens (tertiary/aromatic N) is 3. The lowest BCUT2D eigenvalue weighted by Gasteiger charge is -2.31. The van der Waals surface area contributed by atoms with E-state index in [1.165, 1.54) is 0 Å². The third-order valence-electron chi connectivity index (χ3n) is 3.96. The number of sulfonamides is 1. The van der Waals surface area contributed by atoms with E-state index in [0.717, 1.165) is 25.7 Å². The molecule has 0 atom stereocenters. The van der Waals surface area contributed by atoms with E-state index in [2.05, 4.69) is 10.1 Å². The average molecular weight is 315 g/mol. The van der Waals surface area contributed by atoms with Crippen LogP contribution in [0.5, 0.6) is 0 Å². The van der Waals surface area contributed by atoms with Crippen LogP contribution in [0.3, 0.4) is 0 Å². The lowest BCUT2D eigenvalue weighted by atomic mass is 10.1. The van der Waals surface area contributed by atoms with Gasteiger partial charge in [0.15, 0.2) is 5.82 Å². The van der Waals surface area contributed by atoms with Gasteiger partial charge in [0, 0.05) is 26.4 Å². The smallest absolute Gasteiger partial charge is 0.223 e. The molecule has 0 spiro atoms. The van der Waals surface area contributed by atoms with Crippen molar-refractivity contribution in [3.63, 3.8) is 0 Å². The van der Waals surface area contributed by atoms with Gasteiger partial charge in [-0.25, -0.2) is 12.7 Å². The summed E-state index contributed by atoms with van der Waals surface area (Å²) in [5.74, 6) is 1.21. The van der Waals surface area contributed by atoms with Gasteiger partial charge in [-0.2, -0.15) is 4.98 Å². The zero-order valence-electron chi connectivity index (χ0n) is 12.2. The molecule has 2 aliphatic rings. The van der Waals surface area contributed by atoms with E-state index < -0.39 is 10.0 Å². The highest BCUT2D eigenvalue weighted by atomic mass is 32.2. The predicted octanol–water partition coefficient (Wildman–Crippen LogP) is 0.894.